The van der Waals surface area contributed by atoms with Gasteiger partial charge in [-0.3, -0.25) is 9.59 Å². The molecule has 0 bridgehead atoms. The van der Waals surface area contributed by atoms with Crippen molar-refractivity contribution in [3.05, 3.63) is 71.3 Å². The molecule has 0 fully saturated rings. The fourth-order valence-electron chi connectivity index (χ4n) is 2.28. The maximum atomic E-state index is 12.1. The molecule has 2 rings (SSSR count). The number of carboxylic acid groups (broad SMARTS) is 1. The Labute approximate surface area is 129 Å². The third-order valence-electron chi connectivity index (χ3n) is 3.57. The number of amides is 1. The van der Waals surface area contributed by atoms with Crippen LogP contribution in [0.3, 0.4) is 0 Å². The van der Waals surface area contributed by atoms with E-state index in [0.29, 0.717) is 12.0 Å². The van der Waals surface area contributed by atoms with Gasteiger partial charge in [0, 0.05) is 12.1 Å². The van der Waals surface area contributed by atoms with E-state index < -0.39 is 11.9 Å². The van der Waals surface area contributed by atoms with E-state index in [1.807, 2.05) is 49.4 Å². The van der Waals surface area contributed by atoms with Crippen LogP contribution in [0, 0.1) is 12.8 Å². The van der Waals surface area contributed by atoms with Gasteiger partial charge in [0.2, 0.25) is 0 Å². The van der Waals surface area contributed by atoms with Gasteiger partial charge >= 0.3 is 5.97 Å². The van der Waals surface area contributed by atoms with Crippen molar-refractivity contribution in [2.45, 2.75) is 13.3 Å². The van der Waals surface area contributed by atoms with E-state index in [0.717, 1.165) is 11.1 Å². The van der Waals surface area contributed by atoms with Gasteiger partial charge in [-0.15, -0.1) is 0 Å². The average Bonchev–Trinajstić information content (AvgIpc) is 2.52. The van der Waals surface area contributed by atoms with Crippen LogP contribution in [-0.2, 0) is 11.2 Å². The Morgan fingerprint density at radius 1 is 1.05 bits per heavy atom. The molecule has 0 saturated heterocycles. The Morgan fingerprint density at radius 3 is 2.32 bits per heavy atom. The van der Waals surface area contributed by atoms with E-state index in [-0.39, 0.29) is 12.5 Å². The van der Waals surface area contributed by atoms with Gasteiger partial charge in [-0.2, -0.15) is 0 Å². The second kappa shape index (κ2) is 7.41. The molecule has 4 heteroatoms. The van der Waals surface area contributed by atoms with Crippen LogP contribution < -0.4 is 5.32 Å². The van der Waals surface area contributed by atoms with Crippen molar-refractivity contribution in [3.63, 3.8) is 0 Å². The summed E-state index contributed by atoms with van der Waals surface area (Å²) < 4.78 is 0. The Morgan fingerprint density at radius 2 is 1.68 bits per heavy atom. The molecule has 1 atom stereocenters. The van der Waals surface area contributed by atoms with Crippen LogP contribution in [0.5, 0.6) is 0 Å². The minimum absolute atomic E-state index is 0.109. The minimum Gasteiger partial charge on any atom is -0.481 e. The first-order valence-electron chi connectivity index (χ1n) is 7.18. The van der Waals surface area contributed by atoms with Crippen LogP contribution in [0.15, 0.2) is 54.6 Å². The molecule has 0 aromatic heterocycles. The molecule has 0 unspecified atom stereocenters. The van der Waals surface area contributed by atoms with Gasteiger partial charge < -0.3 is 10.4 Å². The number of nitrogens with one attached hydrogen (secondary N) is 1. The fourth-order valence-corrected chi connectivity index (χ4v) is 2.28. The van der Waals surface area contributed by atoms with Crippen LogP contribution in [0.4, 0.5) is 0 Å². The third kappa shape index (κ3) is 4.19. The minimum atomic E-state index is -0.908. The van der Waals surface area contributed by atoms with Crippen molar-refractivity contribution >= 4 is 11.9 Å². The van der Waals surface area contributed by atoms with E-state index in [4.69, 9.17) is 0 Å². The van der Waals surface area contributed by atoms with Gasteiger partial charge in [-0.25, -0.2) is 0 Å². The maximum Gasteiger partial charge on any atom is 0.308 e. The topological polar surface area (TPSA) is 66.4 Å². The molecule has 0 heterocycles. The summed E-state index contributed by atoms with van der Waals surface area (Å²) in [5.74, 6) is -1.79. The van der Waals surface area contributed by atoms with Crippen molar-refractivity contribution in [1.82, 2.24) is 5.32 Å². The highest BCUT2D eigenvalue weighted by molar-refractivity contribution is 5.95. The summed E-state index contributed by atoms with van der Waals surface area (Å²) in [7, 11) is 0. The molecule has 0 radical (unpaired) electrons. The molecule has 0 aliphatic heterocycles. The summed E-state index contributed by atoms with van der Waals surface area (Å²) in [4.78, 5) is 23.5. The average molecular weight is 297 g/mol. The number of hydrogen-bond acceptors (Lipinski definition) is 2. The van der Waals surface area contributed by atoms with Crippen molar-refractivity contribution in [2.75, 3.05) is 6.54 Å². The molecule has 114 valence electrons. The van der Waals surface area contributed by atoms with Crippen molar-refractivity contribution in [1.29, 1.82) is 0 Å². The summed E-state index contributed by atoms with van der Waals surface area (Å²) in [5.41, 5.74) is 2.39. The lowest BCUT2D eigenvalue weighted by atomic mass is 9.99. The molecule has 2 aromatic rings. The number of carbonyl (C=O) groups excluding carboxylic acids is 1. The summed E-state index contributed by atoms with van der Waals surface area (Å²) in [6.07, 6.45) is 0.393. The van der Waals surface area contributed by atoms with Crippen molar-refractivity contribution in [2.24, 2.45) is 5.92 Å². The Hall–Kier alpha value is -2.62. The molecule has 0 spiro atoms. The first kappa shape index (κ1) is 15.8. The smallest absolute Gasteiger partial charge is 0.308 e. The van der Waals surface area contributed by atoms with Crippen LogP contribution in [0.2, 0.25) is 0 Å². The maximum absolute atomic E-state index is 12.1. The molecule has 0 aliphatic carbocycles. The number of aliphatic carboxylic acids is 1. The highest BCUT2D eigenvalue weighted by atomic mass is 16.4. The number of rotatable bonds is 6. The van der Waals surface area contributed by atoms with Crippen LogP contribution >= 0.6 is 0 Å². The normalized spacial score (nSPS) is 11.7. The number of benzene rings is 2. The summed E-state index contributed by atoms with van der Waals surface area (Å²) in [5, 5.41) is 12.0. The summed E-state index contributed by atoms with van der Waals surface area (Å²) >= 11 is 0. The monoisotopic (exact) mass is 297 g/mol. The largest absolute Gasteiger partial charge is 0.481 e. The highest BCUT2D eigenvalue weighted by Gasteiger charge is 2.19. The molecule has 22 heavy (non-hydrogen) atoms. The lowest BCUT2D eigenvalue weighted by Crippen LogP contribution is -2.34. The van der Waals surface area contributed by atoms with E-state index in [1.165, 1.54) is 0 Å². The lowest BCUT2D eigenvalue weighted by molar-refractivity contribution is -0.141. The number of aryl methyl sites for hydroxylation is 1. The van der Waals surface area contributed by atoms with Crippen LogP contribution in [0.1, 0.15) is 21.5 Å². The zero-order valence-electron chi connectivity index (χ0n) is 12.5. The first-order valence-corrected chi connectivity index (χ1v) is 7.18. The van der Waals surface area contributed by atoms with Gasteiger partial charge in [0.05, 0.1) is 5.92 Å². The fraction of sp³-hybridized carbons (Fsp3) is 0.222. The predicted molar refractivity (Wildman–Crippen MR) is 84.8 cm³/mol. The van der Waals surface area contributed by atoms with Gasteiger partial charge in [0.1, 0.15) is 0 Å². The molecule has 2 N–H and O–H groups in total. The number of carbonyl (C=O) groups is 2. The molecular weight excluding hydrogens is 278 g/mol. The second-order valence-corrected chi connectivity index (χ2v) is 5.25. The van der Waals surface area contributed by atoms with Gasteiger partial charge in [0.25, 0.3) is 5.91 Å². The van der Waals surface area contributed by atoms with E-state index in [2.05, 4.69) is 5.32 Å². The Kier molecular flexibility index (Phi) is 5.31. The van der Waals surface area contributed by atoms with Crippen LogP contribution in [0.25, 0.3) is 0 Å². The lowest BCUT2D eigenvalue weighted by Gasteiger charge is -2.14. The predicted octanol–water partition coefficient (Wildman–Crippen LogP) is 2.67. The Balaban J connectivity index is 1.99. The zero-order valence-corrected chi connectivity index (χ0v) is 12.5. The molecule has 1 amide bonds. The quantitative estimate of drug-likeness (QED) is 0.861. The molecule has 0 aliphatic rings. The van der Waals surface area contributed by atoms with Gasteiger partial charge in [-0.1, -0.05) is 48.5 Å². The first-order chi connectivity index (χ1) is 10.6. The summed E-state index contributed by atoms with van der Waals surface area (Å²) in [6, 6.07) is 16.7. The van der Waals surface area contributed by atoms with E-state index in [9.17, 15) is 14.7 Å². The second-order valence-electron chi connectivity index (χ2n) is 5.25. The van der Waals surface area contributed by atoms with Gasteiger partial charge in [0.15, 0.2) is 0 Å². The van der Waals surface area contributed by atoms with E-state index in [1.54, 1.807) is 12.1 Å². The van der Waals surface area contributed by atoms with Gasteiger partial charge in [-0.05, 0) is 30.5 Å². The molecule has 4 nitrogen and oxygen atoms in total. The SMILES string of the molecule is Cc1ccccc1C(=O)NC[C@H](Cc1ccccc1)C(=O)O. The summed E-state index contributed by atoms with van der Waals surface area (Å²) in [6.45, 7) is 1.96. The van der Waals surface area contributed by atoms with Crippen LogP contribution in [-0.4, -0.2) is 23.5 Å². The molecular formula is C18H19NO3. The zero-order chi connectivity index (χ0) is 15.9. The van der Waals surface area contributed by atoms with Crippen molar-refractivity contribution < 1.29 is 14.7 Å². The molecule has 2 aromatic carbocycles. The molecule has 0 saturated carbocycles. The number of hydrogen-bond donors (Lipinski definition) is 2. The Bertz CT molecular complexity index is 652. The highest BCUT2D eigenvalue weighted by Crippen LogP contribution is 2.10. The standard InChI is InChI=1S/C18H19NO3/c1-13-7-5-6-10-16(13)17(20)19-12-15(18(21)22)11-14-8-3-2-4-9-14/h2-10,15H,11-12H2,1H3,(H,19,20)(H,21,22)/t15-/m0/s1. The number of carboxylic acids is 1. The third-order valence-corrected chi connectivity index (χ3v) is 3.57. The van der Waals surface area contributed by atoms with Crippen molar-refractivity contribution in [3.8, 4) is 0 Å². The van der Waals surface area contributed by atoms with E-state index >= 15 is 0 Å².